The number of rotatable bonds is 4. The molecule has 0 saturated carbocycles. The van der Waals surface area contributed by atoms with Gasteiger partial charge in [-0.3, -0.25) is 4.79 Å². The number of hydrogen-bond donors (Lipinski definition) is 0. The van der Waals surface area contributed by atoms with Gasteiger partial charge < -0.3 is 14.0 Å². The molecule has 0 spiro atoms. The summed E-state index contributed by atoms with van der Waals surface area (Å²) in [6.07, 6.45) is 3.65. The SMILES string of the molecule is COC(=O)c1ccc(-c2ccc3c(c2)C(=O)c2cc(OC)c(-n4cnc(C)c4)cc2-3)cc1. The van der Waals surface area contributed by atoms with Crippen LogP contribution < -0.4 is 4.74 Å². The van der Waals surface area contributed by atoms with Crippen LogP contribution in [0.2, 0.25) is 0 Å². The number of hydrogen-bond acceptors (Lipinski definition) is 5. The van der Waals surface area contributed by atoms with Crippen molar-refractivity contribution < 1.29 is 19.1 Å². The molecule has 0 saturated heterocycles. The Labute approximate surface area is 185 Å². The molecular formula is C26H20N2O4. The minimum Gasteiger partial charge on any atom is -0.495 e. The predicted molar refractivity (Wildman–Crippen MR) is 120 cm³/mol. The first kappa shape index (κ1) is 19.8. The molecular weight excluding hydrogens is 404 g/mol. The summed E-state index contributed by atoms with van der Waals surface area (Å²) in [6.45, 7) is 1.93. The second kappa shape index (κ2) is 7.50. The van der Waals surface area contributed by atoms with Crippen LogP contribution in [0.3, 0.4) is 0 Å². The third-order valence-electron chi connectivity index (χ3n) is 5.75. The van der Waals surface area contributed by atoms with E-state index >= 15 is 0 Å². The molecule has 0 N–H and O–H groups in total. The lowest BCUT2D eigenvalue weighted by Gasteiger charge is -2.12. The van der Waals surface area contributed by atoms with Gasteiger partial charge in [0.15, 0.2) is 5.78 Å². The van der Waals surface area contributed by atoms with Gasteiger partial charge in [-0.1, -0.05) is 24.3 Å². The van der Waals surface area contributed by atoms with Gasteiger partial charge in [0.2, 0.25) is 0 Å². The van der Waals surface area contributed by atoms with Gasteiger partial charge in [-0.15, -0.1) is 0 Å². The van der Waals surface area contributed by atoms with Gasteiger partial charge in [0, 0.05) is 17.3 Å². The van der Waals surface area contributed by atoms with Crippen LogP contribution in [0.5, 0.6) is 5.75 Å². The van der Waals surface area contributed by atoms with Crippen LogP contribution in [0.1, 0.15) is 32.0 Å². The van der Waals surface area contributed by atoms with Crippen LogP contribution >= 0.6 is 0 Å². The molecule has 0 unspecified atom stereocenters. The van der Waals surface area contributed by atoms with Crippen molar-refractivity contribution in [2.24, 2.45) is 0 Å². The Kier molecular flexibility index (Phi) is 4.63. The van der Waals surface area contributed by atoms with Crippen molar-refractivity contribution in [2.75, 3.05) is 14.2 Å². The predicted octanol–water partition coefficient (Wildman–Crippen LogP) is 4.85. The first-order valence-electron chi connectivity index (χ1n) is 10.1. The molecule has 6 heteroatoms. The number of ketones is 1. The zero-order valence-corrected chi connectivity index (χ0v) is 17.9. The van der Waals surface area contributed by atoms with Crippen molar-refractivity contribution in [1.29, 1.82) is 0 Å². The van der Waals surface area contributed by atoms with Crippen LogP contribution in [-0.4, -0.2) is 35.5 Å². The third-order valence-corrected chi connectivity index (χ3v) is 5.75. The Morgan fingerprint density at radius 1 is 0.875 bits per heavy atom. The summed E-state index contributed by atoms with van der Waals surface area (Å²) in [7, 11) is 2.95. The number of ether oxygens (including phenoxy) is 2. The number of benzene rings is 3. The first-order chi connectivity index (χ1) is 15.5. The molecule has 1 aromatic heterocycles. The van der Waals surface area contributed by atoms with E-state index in [-0.39, 0.29) is 11.8 Å². The largest absolute Gasteiger partial charge is 0.495 e. The Morgan fingerprint density at radius 2 is 1.59 bits per heavy atom. The average Bonchev–Trinajstić information content (AvgIpc) is 3.38. The lowest BCUT2D eigenvalue weighted by molar-refractivity contribution is 0.0600. The summed E-state index contributed by atoms with van der Waals surface area (Å²) in [5, 5.41) is 0. The molecule has 3 aromatic carbocycles. The van der Waals surface area contributed by atoms with Gasteiger partial charge in [-0.05, 0) is 59.5 Å². The molecule has 32 heavy (non-hydrogen) atoms. The second-order valence-corrected chi connectivity index (χ2v) is 7.65. The van der Waals surface area contributed by atoms with Gasteiger partial charge in [-0.2, -0.15) is 0 Å². The summed E-state index contributed by atoms with van der Waals surface area (Å²) in [6, 6.07) is 16.8. The number of fused-ring (bicyclic) bond motifs is 3. The first-order valence-corrected chi connectivity index (χ1v) is 10.1. The highest BCUT2D eigenvalue weighted by Crippen LogP contribution is 2.42. The van der Waals surface area contributed by atoms with Crippen LogP contribution in [0, 0.1) is 6.92 Å². The molecule has 0 bridgehead atoms. The van der Waals surface area contributed by atoms with E-state index in [2.05, 4.69) is 4.98 Å². The highest BCUT2D eigenvalue weighted by atomic mass is 16.5. The monoisotopic (exact) mass is 424 g/mol. The fourth-order valence-electron chi connectivity index (χ4n) is 4.11. The minimum absolute atomic E-state index is 0.0327. The smallest absolute Gasteiger partial charge is 0.337 e. The number of aromatic nitrogens is 2. The lowest BCUT2D eigenvalue weighted by atomic mass is 9.98. The van der Waals surface area contributed by atoms with E-state index in [1.54, 1.807) is 31.6 Å². The highest BCUT2D eigenvalue weighted by Gasteiger charge is 2.29. The lowest BCUT2D eigenvalue weighted by Crippen LogP contribution is -2.00. The summed E-state index contributed by atoms with van der Waals surface area (Å²) in [5.41, 5.74) is 7.05. The van der Waals surface area contributed by atoms with Crippen molar-refractivity contribution in [2.45, 2.75) is 6.92 Å². The van der Waals surface area contributed by atoms with Gasteiger partial charge in [0.1, 0.15) is 5.75 Å². The number of aryl methyl sites for hydroxylation is 1. The average molecular weight is 424 g/mol. The van der Waals surface area contributed by atoms with E-state index in [9.17, 15) is 9.59 Å². The van der Waals surface area contributed by atoms with E-state index in [0.29, 0.717) is 22.4 Å². The normalized spacial score (nSPS) is 11.8. The van der Waals surface area contributed by atoms with Crippen molar-refractivity contribution in [3.63, 3.8) is 0 Å². The summed E-state index contributed by atoms with van der Waals surface area (Å²) in [4.78, 5) is 29.2. The fraction of sp³-hybridized carbons (Fsp3) is 0.115. The summed E-state index contributed by atoms with van der Waals surface area (Å²) < 4.78 is 12.2. The van der Waals surface area contributed by atoms with Crippen LogP contribution in [0.4, 0.5) is 0 Å². The maximum absolute atomic E-state index is 13.2. The molecule has 158 valence electrons. The molecule has 1 aliphatic carbocycles. The Hall–Kier alpha value is -4.19. The van der Waals surface area contributed by atoms with Crippen molar-refractivity contribution in [3.05, 3.63) is 89.5 Å². The topological polar surface area (TPSA) is 70.4 Å². The van der Waals surface area contributed by atoms with E-state index in [1.807, 2.05) is 54.1 Å². The van der Waals surface area contributed by atoms with Crippen LogP contribution in [0.15, 0.2) is 67.1 Å². The van der Waals surface area contributed by atoms with E-state index in [1.165, 1.54) is 7.11 Å². The number of carbonyl (C=O) groups is 2. The molecule has 5 rings (SSSR count). The Balaban J connectivity index is 1.58. The maximum Gasteiger partial charge on any atom is 0.337 e. The van der Waals surface area contributed by atoms with Crippen LogP contribution in [-0.2, 0) is 4.74 Å². The van der Waals surface area contributed by atoms with E-state index < -0.39 is 0 Å². The highest BCUT2D eigenvalue weighted by molar-refractivity contribution is 6.22. The second-order valence-electron chi connectivity index (χ2n) is 7.65. The molecule has 4 aromatic rings. The molecule has 6 nitrogen and oxygen atoms in total. The number of carbonyl (C=O) groups excluding carboxylic acids is 2. The van der Waals surface area contributed by atoms with Gasteiger partial charge >= 0.3 is 5.97 Å². The summed E-state index contributed by atoms with van der Waals surface area (Å²) >= 11 is 0. The molecule has 0 aliphatic heterocycles. The van der Waals surface area contributed by atoms with Crippen molar-refractivity contribution in [1.82, 2.24) is 9.55 Å². The Bertz CT molecular complexity index is 1380. The molecule has 1 aliphatic rings. The minimum atomic E-state index is -0.381. The number of methoxy groups -OCH3 is 2. The van der Waals surface area contributed by atoms with Gasteiger partial charge in [-0.25, -0.2) is 9.78 Å². The molecule has 0 fully saturated rings. The Morgan fingerprint density at radius 3 is 2.25 bits per heavy atom. The fourth-order valence-corrected chi connectivity index (χ4v) is 4.11. The molecule has 0 amide bonds. The maximum atomic E-state index is 13.2. The number of imidazole rings is 1. The molecule has 1 heterocycles. The van der Waals surface area contributed by atoms with E-state index in [4.69, 9.17) is 9.47 Å². The van der Waals surface area contributed by atoms with Crippen molar-refractivity contribution in [3.8, 4) is 33.7 Å². The summed E-state index contributed by atoms with van der Waals surface area (Å²) in [5.74, 6) is 0.199. The van der Waals surface area contributed by atoms with Gasteiger partial charge in [0.25, 0.3) is 0 Å². The van der Waals surface area contributed by atoms with Crippen LogP contribution in [0.25, 0.3) is 27.9 Å². The number of nitrogens with zero attached hydrogens (tertiary/aromatic N) is 2. The van der Waals surface area contributed by atoms with Crippen molar-refractivity contribution >= 4 is 11.8 Å². The molecule has 0 radical (unpaired) electrons. The van der Waals surface area contributed by atoms with E-state index in [0.717, 1.165) is 33.6 Å². The zero-order valence-electron chi connectivity index (χ0n) is 17.9. The molecule has 0 atom stereocenters. The number of esters is 1. The van der Waals surface area contributed by atoms with Gasteiger partial charge in [0.05, 0.1) is 37.5 Å². The zero-order chi connectivity index (χ0) is 22.4. The quantitative estimate of drug-likeness (QED) is 0.386. The third kappa shape index (κ3) is 3.08. The standard InChI is InChI=1S/C26H20N2O4/c1-15-13-28(14-27-15)23-11-20-19-9-8-18(16-4-6-17(7-5-16)26(30)32-3)10-21(19)25(29)22(20)12-24(23)31-2/h4-14H,1-3H3.